The van der Waals surface area contributed by atoms with Gasteiger partial charge in [-0.25, -0.2) is 4.98 Å². The fourth-order valence-corrected chi connectivity index (χ4v) is 2.81. The monoisotopic (exact) mass is 330 g/mol. The number of benzene rings is 1. The first-order valence-electron chi connectivity index (χ1n) is 6.49. The van der Waals surface area contributed by atoms with Crippen LogP contribution in [-0.2, 0) is 4.79 Å². The lowest BCUT2D eigenvalue weighted by molar-refractivity contribution is -0.402. The molecule has 0 fully saturated rings. The van der Waals surface area contributed by atoms with Crippen LogP contribution < -0.4 is 5.01 Å². The maximum Gasteiger partial charge on any atom is 0.433 e. The summed E-state index contributed by atoms with van der Waals surface area (Å²) in [4.78, 5) is 26.1. The molecular formula is C14H10N4O4S. The average molecular weight is 330 g/mol. The molecule has 0 bridgehead atoms. The van der Waals surface area contributed by atoms with Gasteiger partial charge in [-0.1, -0.05) is 23.5 Å². The van der Waals surface area contributed by atoms with E-state index >= 15 is 0 Å². The van der Waals surface area contributed by atoms with Crippen LogP contribution in [0.5, 0.6) is 0 Å². The minimum Gasteiger partial charge on any atom is -0.400 e. The molecule has 0 aliphatic rings. The van der Waals surface area contributed by atoms with Crippen molar-refractivity contribution in [2.24, 2.45) is 5.10 Å². The van der Waals surface area contributed by atoms with Gasteiger partial charge in [-0.05, 0) is 18.2 Å². The molecule has 116 valence electrons. The molecule has 3 aromatic rings. The highest BCUT2D eigenvalue weighted by Gasteiger charge is 2.16. The Kier molecular flexibility index (Phi) is 3.85. The highest BCUT2D eigenvalue weighted by molar-refractivity contribution is 7.22. The number of rotatable bonds is 4. The first kappa shape index (κ1) is 14.9. The van der Waals surface area contributed by atoms with E-state index in [1.54, 1.807) is 0 Å². The lowest BCUT2D eigenvalue weighted by Gasteiger charge is -2.09. The number of hydrogen-bond acceptors (Lipinski definition) is 7. The summed E-state index contributed by atoms with van der Waals surface area (Å²) in [6.07, 6.45) is 1.24. The molecule has 23 heavy (non-hydrogen) atoms. The van der Waals surface area contributed by atoms with Crippen LogP contribution in [0.25, 0.3) is 10.2 Å². The van der Waals surface area contributed by atoms with Gasteiger partial charge in [0.2, 0.25) is 11.0 Å². The normalized spacial score (nSPS) is 11.2. The molecule has 1 amide bonds. The van der Waals surface area contributed by atoms with E-state index in [1.165, 1.54) is 36.6 Å². The van der Waals surface area contributed by atoms with Gasteiger partial charge in [0, 0.05) is 6.92 Å². The number of hydrazone groups is 1. The number of carbonyl (C=O) groups excluding carboxylic acids is 1. The van der Waals surface area contributed by atoms with Crippen LogP contribution in [0.1, 0.15) is 12.7 Å². The molecule has 0 spiro atoms. The second-order valence-electron chi connectivity index (χ2n) is 4.47. The number of anilines is 1. The number of thiazole rings is 1. The Morgan fingerprint density at radius 1 is 1.39 bits per heavy atom. The molecule has 0 aliphatic carbocycles. The fraction of sp³-hybridized carbons (Fsp3) is 0.0714. The number of para-hydroxylation sites is 1. The number of nitrogens with zero attached hydrogens (tertiary/aromatic N) is 4. The van der Waals surface area contributed by atoms with Crippen molar-refractivity contribution in [3.05, 3.63) is 52.3 Å². The summed E-state index contributed by atoms with van der Waals surface area (Å²) in [7, 11) is 0. The van der Waals surface area contributed by atoms with E-state index in [4.69, 9.17) is 4.42 Å². The zero-order valence-corrected chi connectivity index (χ0v) is 12.7. The van der Waals surface area contributed by atoms with Crippen LogP contribution in [0.15, 0.2) is 45.9 Å². The van der Waals surface area contributed by atoms with Gasteiger partial charge in [-0.2, -0.15) is 10.1 Å². The molecule has 1 aromatic carbocycles. The smallest absolute Gasteiger partial charge is 0.400 e. The van der Waals surface area contributed by atoms with Crippen molar-refractivity contribution < 1.29 is 14.1 Å². The van der Waals surface area contributed by atoms with E-state index in [0.717, 1.165) is 15.2 Å². The Labute approximate surface area is 133 Å². The number of carbonyl (C=O) groups is 1. The topological polar surface area (TPSA) is 102 Å². The van der Waals surface area contributed by atoms with E-state index in [2.05, 4.69) is 10.1 Å². The molecule has 0 N–H and O–H groups in total. The third-order valence-corrected chi connectivity index (χ3v) is 3.87. The first-order chi connectivity index (χ1) is 11.0. The van der Waals surface area contributed by atoms with Gasteiger partial charge in [0.1, 0.15) is 4.92 Å². The Balaban J connectivity index is 1.90. The predicted octanol–water partition coefficient (Wildman–Crippen LogP) is 3.18. The number of aromatic nitrogens is 1. The van der Waals surface area contributed by atoms with Gasteiger partial charge < -0.3 is 4.42 Å². The molecule has 0 saturated carbocycles. The van der Waals surface area contributed by atoms with Gasteiger partial charge in [0.05, 0.1) is 22.5 Å². The minimum atomic E-state index is -0.645. The summed E-state index contributed by atoms with van der Waals surface area (Å²) in [5, 5.41) is 16.1. The van der Waals surface area contributed by atoms with Crippen molar-refractivity contribution in [2.45, 2.75) is 6.92 Å². The maximum absolute atomic E-state index is 11.8. The van der Waals surface area contributed by atoms with Crippen LogP contribution in [0.3, 0.4) is 0 Å². The van der Waals surface area contributed by atoms with Crippen molar-refractivity contribution in [1.82, 2.24) is 4.98 Å². The van der Waals surface area contributed by atoms with Crippen LogP contribution >= 0.6 is 11.3 Å². The molecule has 9 heteroatoms. The molecule has 0 radical (unpaired) electrons. The van der Waals surface area contributed by atoms with Crippen molar-refractivity contribution in [2.75, 3.05) is 5.01 Å². The Morgan fingerprint density at radius 3 is 2.83 bits per heavy atom. The number of fused-ring (bicyclic) bond motifs is 1. The molecule has 2 heterocycles. The van der Waals surface area contributed by atoms with E-state index in [9.17, 15) is 14.9 Å². The first-order valence-corrected chi connectivity index (χ1v) is 7.31. The standard InChI is InChI=1S/C14H10N4O4S/c1-9(19)17(14-16-11-4-2-3-5-12(11)23-14)15-8-10-6-7-13(22-10)18(20)21/h2-8H,1H3/b15-8-. The van der Waals surface area contributed by atoms with Crippen molar-refractivity contribution in [3.8, 4) is 0 Å². The summed E-state index contributed by atoms with van der Waals surface area (Å²) in [5.74, 6) is -0.550. The maximum atomic E-state index is 11.8. The quantitative estimate of drug-likeness (QED) is 0.415. The molecule has 2 aromatic heterocycles. The van der Waals surface area contributed by atoms with Crippen LogP contribution in [0.2, 0.25) is 0 Å². The van der Waals surface area contributed by atoms with Crippen molar-refractivity contribution in [3.63, 3.8) is 0 Å². The number of furan rings is 1. The molecule has 0 atom stereocenters. The lowest BCUT2D eigenvalue weighted by atomic mass is 10.3. The van der Waals surface area contributed by atoms with Crippen molar-refractivity contribution >= 4 is 44.7 Å². The number of amides is 1. The van der Waals surface area contributed by atoms with Crippen molar-refractivity contribution in [1.29, 1.82) is 0 Å². The summed E-state index contributed by atoms with van der Waals surface area (Å²) in [6, 6.07) is 10.1. The highest BCUT2D eigenvalue weighted by Crippen LogP contribution is 2.28. The van der Waals surface area contributed by atoms with Gasteiger partial charge in [0.15, 0.2) is 5.76 Å². The van der Waals surface area contributed by atoms with Crippen LogP contribution in [0.4, 0.5) is 11.0 Å². The predicted molar refractivity (Wildman–Crippen MR) is 85.7 cm³/mol. The Bertz CT molecular complexity index is 881. The molecule has 0 saturated heterocycles. The van der Waals surface area contributed by atoms with Gasteiger partial charge in [0.25, 0.3) is 0 Å². The fourth-order valence-electron chi connectivity index (χ4n) is 1.84. The number of nitro groups is 1. The van der Waals surface area contributed by atoms with Gasteiger partial charge >= 0.3 is 5.88 Å². The number of hydrogen-bond donors (Lipinski definition) is 0. The summed E-state index contributed by atoms with van der Waals surface area (Å²) in [5.41, 5.74) is 0.766. The highest BCUT2D eigenvalue weighted by atomic mass is 32.1. The third kappa shape index (κ3) is 3.09. The second kappa shape index (κ2) is 5.97. The van der Waals surface area contributed by atoms with Gasteiger partial charge in [-0.15, -0.1) is 0 Å². The van der Waals surface area contributed by atoms with Crippen LogP contribution in [0, 0.1) is 10.1 Å². The summed E-state index contributed by atoms with van der Waals surface area (Å²) >= 11 is 1.32. The van der Waals surface area contributed by atoms with Crippen LogP contribution in [-0.4, -0.2) is 22.0 Å². The molecule has 3 rings (SSSR count). The Hall–Kier alpha value is -3.07. The van der Waals surface area contributed by atoms with Gasteiger partial charge in [-0.3, -0.25) is 14.9 Å². The van der Waals surface area contributed by atoms with E-state index in [-0.39, 0.29) is 17.6 Å². The summed E-state index contributed by atoms with van der Waals surface area (Å²) in [6.45, 7) is 1.36. The van der Waals surface area contributed by atoms with E-state index in [1.807, 2.05) is 24.3 Å². The third-order valence-electron chi connectivity index (χ3n) is 2.86. The molecule has 8 nitrogen and oxygen atoms in total. The average Bonchev–Trinajstić information content (AvgIpc) is 3.13. The second-order valence-corrected chi connectivity index (χ2v) is 5.48. The molecule has 0 aliphatic heterocycles. The molecule has 0 unspecified atom stereocenters. The minimum absolute atomic E-state index is 0.170. The SMILES string of the molecule is CC(=O)N(/N=C\c1ccc([N+](=O)[O-])o1)c1nc2ccccc2s1. The Morgan fingerprint density at radius 2 is 2.17 bits per heavy atom. The van der Waals surface area contributed by atoms with E-state index < -0.39 is 4.92 Å². The van der Waals surface area contributed by atoms with E-state index in [0.29, 0.717) is 5.13 Å². The largest absolute Gasteiger partial charge is 0.433 e. The summed E-state index contributed by atoms with van der Waals surface area (Å²) < 4.78 is 5.89. The lowest BCUT2D eigenvalue weighted by Crippen LogP contribution is -2.22. The molecular weight excluding hydrogens is 320 g/mol. The zero-order valence-electron chi connectivity index (χ0n) is 11.9. The zero-order chi connectivity index (χ0) is 16.4.